The topological polar surface area (TPSA) is 58.6 Å². The molecule has 0 radical (unpaired) electrons. The first-order chi connectivity index (χ1) is 9.26. The van der Waals surface area contributed by atoms with Crippen LogP contribution in [0.5, 0.6) is 0 Å². The average molecular weight is 269 g/mol. The van der Waals surface area contributed by atoms with Crippen LogP contribution < -0.4 is 5.32 Å². The predicted molar refractivity (Wildman–Crippen MR) is 73.7 cm³/mol. The number of aliphatic hydroxyl groups is 1. The third-order valence-corrected chi connectivity index (χ3v) is 4.79. The summed E-state index contributed by atoms with van der Waals surface area (Å²) in [7, 11) is 0. The number of amides is 1. The molecule has 1 heterocycles. The van der Waals surface area contributed by atoms with Crippen molar-refractivity contribution < 1.29 is 14.6 Å². The van der Waals surface area contributed by atoms with Gasteiger partial charge < -0.3 is 15.2 Å². The monoisotopic (exact) mass is 269 g/mol. The molecule has 0 aromatic heterocycles. The van der Waals surface area contributed by atoms with Gasteiger partial charge in [0.2, 0.25) is 5.91 Å². The zero-order chi connectivity index (χ0) is 13.7. The lowest BCUT2D eigenvalue weighted by Gasteiger charge is -2.30. The zero-order valence-electron chi connectivity index (χ0n) is 11.9. The number of aliphatic hydroxyl groups excluding tert-OH is 1. The van der Waals surface area contributed by atoms with Gasteiger partial charge >= 0.3 is 0 Å². The Labute approximate surface area is 115 Å². The van der Waals surface area contributed by atoms with Gasteiger partial charge in [0.05, 0.1) is 12.0 Å². The van der Waals surface area contributed by atoms with Gasteiger partial charge in [-0.2, -0.15) is 0 Å². The Morgan fingerprint density at radius 1 is 1.26 bits per heavy atom. The summed E-state index contributed by atoms with van der Waals surface area (Å²) in [6.07, 6.45) is 6.51. The van der Waals surface area contributed by atoms with Crippen molar-refractivity contribution in [1.29, 1.82) is 0 Å². The van der Waals surface area contributed by atoms with Crippen LogP contribution in [0.1, 0.15) is 45.4 Å². The maximum absolute atomic E-state index is 12.2. The Kier molecular flexibility index (Phi) is 5.64. The second-order valence-corrected chi connectivity index (χ2v) is 5.95. The molecule has 0 bridgehead atoms. The van der Waals surface area contributed by atoms with Gasteiger partial charge in [-0.3, -0.25) is 4.79 Å². The van der Waals surface area contributed by atoms with E-state index < -0.39 is 0 Å². The molecule has 0 aromatic rings. The highest BCUT2D eigenvalue weighted by Crippen LogP contribution is 2.29. The molecule has 110 valence electrons. The molecule has 4 heteroatoms. The lowest BCUT2D eigenvalue weighted by molar-refractivity contribution is -0.127. The highest BCUT2D eigenvalue weighted by molar-refractivity contribution is 5.79. The molecule has 0 spiro atoms. The predicted octanol–water partition coefficient (Wildman–Crippen LogP) is 1.72. The second kappa shape index (κ2) is 7.25. The quantitative estimate of drug-likeness (QED) is 0.799. The Balaban J connectivity index is 1.79. The largest absolute Gasteiger partial charge is 0.396 e. The fourth-order valence-corrected chi connectivity index (χ4v) is 3.51. The van der Waals surface area contributed by atoms with Crippen LogP contribution in [0.3, 0.4) is 0 Å². The Morgan fingerprint density at radius 2 is 2.00 bits per heavy atom. The fourth-order valence-electron chi connectivity index (χ4n) is 3.51. The van der Waals surface area contributed by atoms with E-state index >= 15 is 0 Å². The van der Waals surface area contributed by atoms with Crippen LogP contribution in [0, 0.1) is 17.8 Å². The van der Waals surface area contributed by atoms with Gasteiger partial charge in [0.1, 0.15) is 0 Å². The van der Waals surface area contributed by atoms with E-state index in [1.54, 1.807) is 0 Å². The summed E-state index contributed by atoms with van der Waals surface area (Å²) in [6, 6.07) is 0. The van der Waals surface area contributed by atoms with Gasteiger partial charge in [0, 0.05) is 19.8 Å². The Bertz CT molecular complexity index is 295. The third kappa shape index (κ3) is 3.69. The smallest absolute Gasteiger partial charge is 0.225 e. The van der Waals surface area contributed by atoms with Crippen molar-refractivity contribution in [1.82, 2.24) is 5.32 Å². The highest BCUT2D eigenvalue weighted by Gasteiger charge is 2.33. The van der Waals surface area contributed by atoms with Crippen LogP contribution in [-0.4, -0.2) is 36.9 Å². The molecule has 1 aliphatic carbocycles. The van der Waals surface area contributed by atoms with Crippen LogP contribution in [0.4, 0.5) is 0 Å². The van der Waals surface area contributed by atoms with Gasteiger partial charge in [-0.15, -0.1) is 0 Å². The molecule has 1 saturated carbocycles. The van der Waals surface area contributed by atoms with E-state index in [0.29, 0.717) is 18.4 Å². The average Bonchev–Trinajstić information content (AvgIpc) is 2.93. The molecule has 4 unspecified atom stereocenters. The van der Waals surface area contributed by atoms with Crippen molar-refractivity contribution in [2.75, 3.05) is 19.8 Å². The molecule has 4 atom stereocenters. The van der Waals surface area contributed by atoms with E-state index in [9.17, 15) is 9.90 Å². The summed E-state index contributed by atoms with van der Waals surface area (Å²) in [5.74, 6) is 0.994. The number of rotatable bonds is 5. The summed E-state index contributed by atoms with van der Waals surface area (Å²) >= 11 is 0. The van der Waals surface area contributed by atoms with Crippen molar-refractivity contribution in [2.24, 2.45) is 17.8 Å². The maximum Gasteiger partial charge on any atom is 0.225 e. The minimum absolute atomic E-state index is 0.0289. The minimum atomic E-state index is 0.0289. The number of hydrogen-bond acceptors (Lipinski definition) is 3. The Hall–Kier alpha value is -0.610. The first-order valence-electron chi connectivity index (χ1n) is 7.76. The van der Waals surface area contributed by atoms with E-state index in [-0.39, 0.29) is 24.5 Å². The summed E-state index contributed by atoms with van der Waals surface area (Å²) in [5, 5.41) is 12.5. The van der Waals surface area contributed by atoms with Crippen molar-refractivity contribution >= 4 is 5.91 Å². The highest BCUT2D eigenvalue weighted by atomic mass is 16.5. The standard InChI is InChI=1S/C15H27NO3/c1-2-14-13(7-8-19-14)15(18)16-9-11-5-3-4-6-12(11)10-17/h11-14,17H,2-10H2,1H3,(H,16,18). The zero-order valence-corrected chi connectivity index (χ0v) is 11.9. The summed E-state index contributed by atoms with van der Waals surface area (Å²) in [5.41, 5.74) is 0. The molecule has 1 saturated heterocycles. The number of carbonyl (C=O) groups is 1. The van der Waals surface area contributed by atoms with Gasteiger partial charge in [-0.1, -0.05) is 19.8 Å². The van der Waals surface area contributed by atoms with Crippen LogP contribution in [-0.2, 0) is 9.53 Å². The molecule has 2 aliphatic rings. The summed E-state index contributed by atoms with van der Waals surface area (Å²) in [6.45, 7) is 3.75. The number of hydrogen-bond donors (Lipinski definition) is 2. The molecule has 0 aromatic carbocycles. The molecule has 1 aliphatic heterocycles. The molecule has 2 N–H and O–H groups in total. The lowest BCUT2D eigenvalue weighted by atomic mass is 9.79. The van der Waals surface area contributed by atoms with Crippen molar-refractivity contribution in [3.63, 3.8) is 0 Å². The molecule has 4 nitrogen and oxygen atoms in total. The first-order valence-corrected chi connectivity index (χ1v) is 7.76. The molecule has 2 fully saturated rings. The van der Waals surface area contributed by atoms with Crippen LogP contribution >= 0.6 is 0 Å². The maximum atomic E-state index is 12.2. The van der Waals surface area contributed by atoms with Crippen molar-refractivity contribution in [2.45, 2.75) is 51.6 Å². The molecular weight excluding hydrogens is 242 g/mol. The van der Waals surface area contributed by atoms with Crippen molar-refractivity contribution in [3.05, 3.63) is 0 Å². The third-order valence-electron chi connectivity index (χ3n) is 4.79. The SMILES string of the molecule is CCC1OCCC1C(=O)NCC1CCCCC1CO. The lowest BCUT2D eigenvalue weighted by Crippen LogP contribution is -2.40. The molecule has 1 amide bonds. The van der Waals surface area contributed by atoms with Gasteiger partial charge in [0.25, 0.3) is 0 Å². The minimum Gasteiger partial charge on any atom is -0.396 e. The van der Waals surface area contributed by atoms with E-state index in [4.69, 9.17) is 4.74 Å². The summed E-state index contributed by atoms with van der Waals surface area (Å²) < 4.78 is 5.57. The van der Waals surface area contributed by atoms with Crippen molar-refractivity contribution in [3.8, 4) is 0 Å². The number of nitrogens with one attached hydrogen (secondary N) is 1. The fraction of sp³-hybridized carbons (Fsp3) is 0.933. The number of carbonyl (C=O) groups excluding carboxylic acids is 1. The first kappa shape index (κ1) is 14.8. The number of ether oxygens (including phenoxy) is 1. The molecule has 2 rings (SSSR count). The summed E-state index contributed by atoms with van der Waals surface area (Å²) in [4.78, 5) is 12.2. The van der Waals surface area contributed by atoms with Crippen LogP contribution in [0.2, 0.25) is 0 Å². The Morgan fingerprint density at radius 3 is 2.68 bits per heavy atom. The normalized spacial score (nSPS) is 35.3. The van der Waals surface area contributed by atoms with E-state index in [2.05, 4.69) is 12.2 Å². The van der Waals surface area contributed by atoms with Crippen LogP contribution in [0.15, 0.2) is 0 Å². The van der Waals surface area contributed by atoms with E-state index in [1.807, 2.05) is 0 Å². The van der Waals surface area contributed by atoms with Crippen LogP contribution in [0.25, 0.3) is 0 Å². The van der Waals surface area contributed by atoms with Gasteiger partial charge in [0.15, 0.2) is 0 Å². The van der Waals surface area contributed by atoms with Gasteiger partial charge in [-0.25, -0.2) is 0 Å². The van der Waals surface area contributed by atoms with Gasteiger partial charge in [-0.05, 0) is 37.5 Å². The molecule has 19 heavy (non-hydrogen) atoms. The second-order valence-electron chi connectivity index (χ2n) is 5.95. The van der Waals surface area contributed by atoms with E-state index in [0.717, 1.165) is 32.2 Å². The van der Waals surface area contributed by atoms with E-state index in [1.165, 1.54) is 12.8 Å². The molecular formula is C15H27NO3.